The quantitative estimate of drug-likeness (QED) is 0.609. The number of hydrogen-bond donors (Lipinski definition) is 1. The Kier molecular flexibility index (Phi) is 3.96. The van der Waals surface area contributed by atoms with Gasteiger partial charge in [0.15, 0.2) is 11.6 Å². The highest BCUT2D eigenvalue weighted by molar-refractivity contribution is 5.65. The second kappa shape index (κ2) is 6.44. The Morgan fingerprint density at radius 2 is 1.85 bits per heavy atom. The third-order valence-electron chi connectivity index (χ3n) is 4.03. The number of H-pyrrole nitrogens is 1. The van der Waals surface area contributed by atoms with Crippen LogP contribution in [0.4, 0.5) is 4.39 Å². The molecule has 0 aliphatic heterocycles. The van der Waals surface area contributed by atoms with Gasteiger partial charge in [0.25, 0.3) is 0 Å². The smallest absolute Gasteiger partial charge is 0.181 e. The maximum absolute atomic E-state index is 13.1. The molecule has 1 N–H and O–H groups in total. The Labute approximate surface area is 149 Å². The topological polar surface area (TPSA) is 68.6 Å². The summed E-state index contributed by atoms with van der Waals surface area (Å²) in [7, 11) is 1.62. The molecule has 0 saturated heterocycles. The minimum absolute atomic E-state index is 0.292. The normalized spacial score (nSPS) is 10.9. The molecule has 0 unspecified atom stereocenters. The molecule has 0 fully saturated rings. The molecule has 0 aliphatic rings. The van der Waals surface area contributed by atoms with Gasteiger partial charge in [0, 0.05) is 17.3 Å². The molecule has 4 aromatic rings. The van der Waals surface area contributed by atoms with Gasteiger partial charge in [0.1, 0.15) is 11.6 Å². The minimum atomic E-state index is -0.292. The number of rotatable bonds is 4. The summed E-state index contributed by atoms with van der Waals surface area (Å²) in [5, 5.41) is 7.14. The van der Waals surface area contributed by atoms with Crippen LogP contribution in [0.3, 0.4) is 0 Å². The van der Waals surface area contributed by atoms with Crippen molar-refractivity contribution < 1.29 is 9.13 Å². The van der Waals surface area contributed by atoms with Gasteiger partial charge in [-0.3, -0.25) is 5.10 Å². The zero-order valence-corrected chi connectivity index (χ0v) is 14.3. The summed E-state index contributed by atoms with van der Waals surface area (Å²) in [6.45, 7) is 1.93. The van der Waals surface area contributed by atoms with E-state index < -0.39 is 0 Å². The molecule has 7 heteroatoms. The van der Waals surface area contributed by atoms with Crippen molar-refractivity contribution in [3.05, 3.63) is 66.5 Å². The number of aryl methyl sites for hydroxylation is 1. The van der Waals surface area contributed by atoms with Crippen molar-refractivity contribution in [1.82, 2.24) is 24.7 Å². The maximum Gasteiger partial charge on any atom is 0.181 e. The van der Waals surface area contributed by atoms with Gasteiger partial charge in [0.2, 0.25) is 0 Å². The van der Waals surface area contributed by atoms with Crippen molar-refractivity contribution >= 4 is 0 Å². The van der Waals surface area contributed by atoms with E-state index in [-0.39, 0.29) is 5.82 Å². The monoisotopic (exact) mass is 349 g/mol. The lowest BCUT2D eigenvalue weighted by molar-refractivity contribution is 0.413. The van der Waals surface area contributed by atoms with Crippen molar-refractivity contribution in [1.29, 1.82) is 0 Å². The summed E-state index contributed by atoms with van der Waals surface area (Å²) >= 11 is 0. The van der Waals surface area contributed by atoms with E-state index in [9.17, 15) is 4.39 Å². The molecule has 0 spiro atoms. The van der Waals surface area contributed by atoms with Crippen molar-refractivity contribution in [2.75, 3.05) is 7.11 Å². The summed E-state index contributed by atoms with van der Waals surface area (Å²) in [4.78, 5) is 8.74. The van der Waals surface area contributed by atoms with Crippen molar-refractivity contribution in [2.45, 2.75) is 6.92 Å². The molecular weight excluding hydrogens is 333 g/mol. The number of methoxy groups -OCH3 is 1. The number of nitrogens with one attached hydrogen (secondary N) is 1. The number of benzene rings is 2. The van der Waals surface area contributed by atoms with Gasteiger partial charge in [-0.05, 0) is 49.4 Å². The van der Waals surface area contributed by atoms with Crippen molar-refractivity contribution in [3.63, 3.8) is 0 Å². The van der Waals surface area contributed by atoms with Gasteiger partial charge in [-0.1, -0.05) is 0 Å². The molecule has 0 bridgehead atoms. The van der Waals surface area contributed by atoms with E-state index in [2.05, 4.69) is 20.2 Å². The Bertz CT molecular complexity index is 1050. The number of aromatic amines is 1. The van der Waals surface area contributed by atoms with Gasteiger partial charge in [-0.2, -0.15) is 5.10 Å². The minimum Gasteiger partial charge on any atom is -0.495 e. The first-order chi connectivity index (χ1) is 12.6. The average Bonchev–Trinajstić information content (AvgIpc) is 3.31. The van der Waals surface area contributed by atoms with Gasteiger partial charge in [-0.25, -0.2) is 14.4 Å². The number of ether oxygens (including phenoxy) is 1. The third kappa shape index (κ3) is 2.95. The number of halogens is 1. The highest BCUT2D eigenvalue weighted by Crippen LogP contribution is 2.29. The molecule has 2 aromatic carbocycles. The highest BCUT2D eigenvalue weighted by atomic mass is 19.1. The maximum atomic E-state index is 13.1. The lowest BCUT2D eigenvalue weighted by atomic mass is 10.1. The van der Waals surface area contributed by atoms with Crippen LogP contribution in [-0.2, 0) is 0 Å². The summed E-state index contributed by atoms with van der Waals surface area (Å²) in [5.41, 5.74) is 3.39. The standard InChI is InChI=1S/C19H16FN5O/c1-12-10-25(11-21-12)16-8-5-14(9-17(16)26-2)19-22-18(23-24-19)13-3-6-15(20)7-4-13/h3-11H,1-2H3,(H,22,23,24). The predicted molar refractivity (Wildman–Crippen MR) is 95.6 cm³/mol. The fourth-order valence-electron chi connectivity index (χ4n) is 2.71. The summed E-state index contributed by atoms with van der Waals surface area (Å²) in [5.74, 6) is 1.52. The van der Waals surface area contributed by atoms with Crippen molar-refractivity contribution in [3.8, 4) is 34.2 Å². The molecule has 0 atom stereocenters. The number of imidazole rings is 1. The summed E-state index contributed by atoms with van der Waals surface area (Å²) in [6, 6.07) is 11.8. The number of nitrogens with zero attached hydrogens (tertiary/aromatic N) is 4. The Balaban J connectivity index is 1.69. The Hall–Kier alpha value is -3.48. The van der Waals surface area contributed by atoms with E-state index in [1.54, 1.807) is 25.6 Å². The summed E-state index contributed by atoms with van der Waals surface area (Å²) in [6.07, 6.45) is 3.67. The first-order valence-corrected chi connectivity index (χ1v) is 8.02. The third-order valence-corrected chi connectivity index (χ3v) is 4.03. The van der Waals surface area contributed by atoms with E-state index in [4.69, 9.17) is 4.74 Å². The highest BCUT2D eigenvalue weighted by Gasteiger charge is 2.12. The first kappa shape index (κ1) is 16.0. The molecule has 6 nitrogen and oxygen atoms in total. The molecule has 4 rings (SSSR count). The molecule has 2 aromatic heterocycles. The lowest BCUT2D eigenvalue weighted by Crippen LogP contribution is -1.96. The van der Waals surface area contributed by atoms with Gasteiger partial charge in [0.05, 0.1) is 24.8 Å². The largest absolute Gasteiger partial charge is 0.495 e. The Morgan fingerprint density at radius 3 is 2.54 bits per heavy atom. The molecular formula is C19H16FN5O. The molecule has 0 radical (unpaired) electrons. The summed E-state index contributed by atoms with van der Waals surface area (Å²) < 4.78 is 20.5. The zero-order chi connectivity index (χ0) is 18.1. The van der Waals surface area contributed by atoms with Crippen molar-refractivity contribution in [2.24, 2.45) is 0 Å². The molecule has 130 valence electrons. The number of aromatic nitrogens is 5. The van der Waals surface area contributed by atoms with Crippen LogP contribution in [0.25, 0.3) is 28.5 Å². The predicted octanol–water partition coefficient (Wildman–Crippen LogP) is 3.78. The lowest BCUT2D eigenvalue weighted by Gasteiger charge is -2.10. The van der Waals surface area contributed by atoms with E-state index in [1.807, 2.05) is 35.9 Å². The van der Waals surface area contributed by atoms with Gasteiger partial charge < -0.3 is 9.30 Å². The van der Waals surface area contributed by atoms with Crippen LogP contribution in [0.5, 0.6) is 5.75 Å². The first-order valence-electron chi connectivity index (χ1n) is 8.02. The molecule has 0 aliphatic carbocycles. The fraction of sp³-hybridized carbons (Fsp3) is 0.105. The van der Waals surface area contributed by atoms with E-state index in [1.165, 1.54) is 12.1 Å². The second-order valence-electron chi connectivity index (χ2n) is 5.82. The van der Waals surface area contributed by atoms with E-state index in [0.717, 1.165) is 22.5 Å². The van der Waals surface area contributed by atoms with Crippen LogP contribution in [-0.4, -0.2) is 31.8 Å². The van der Waals surface area contributed by atoms with Crippen LogP contribution in [0.2, 0.25) is 0 Å². The zero-order valence-electron chi connectivity index (χ0n) is 14.3. The SMILES string of the molecule is COc1cc(-c2nc(-c3ccc(F)cc3)n[nH]2)ccc1-n1cnc(C)c1. The molecule has 26 heavy (non-hydrogen) atoms. The molecule has 2 heterocycles. The Morgan fingerprint density at radius 1 is 1.08 bits per heavy atom. The van der Waals surface area contributed by atoms with Crippen LogP contribution >= 0.6 is 0 Å². The number of hydrogen-bond acceptors (Lipinski definition) is 4. The average molecular weight is 349 g/mol. The van der Waals surface area contributed by atoms with Gasteiger partial charge >= 0.3 is 0 Å². The second-order valence-corrected chi connectivity index (χ2v) is 5.82. The van der Waals surface area contributed by atoms with Crippen LogP contribution in [0.15, 0.2) is 55.0 Å². The molecule has 0 amide bonds. The van der Waals surface area contributed by atoms with E-state index in [0.29, 0.717) is 17.4 Å². The van der Waals surface area contributed by atoms with Crippen LogP contribution in [0.1, 0.15) is 5.69 Å². The van der Waals surface area contributed by atoms with Crippen LogP contribution < -0.4 is 4.74 Å². The van der Waals surface area contributed by atoms with Crippen LogP contribution in [0, 0.1) is 12.7 Å². The van der Waals surface area contributed by atoms with Gasteiger partial charge in [-0.15, -0.1) is 0 Å². The molecule has 0 saturated carbocycles. The van der Waals surface area contributed by atoms with E-state index >= 15 is 0 Å². The fourth-order valence-corrected chi connectivity index (χ4v) is 2.71.